The smallest absolute Gasteiger partial charge is 0.475 e. The van der Waals surface area contributed by atoms with Crippen LogP contribution in [-0.4, -0.2) is 29.0 Å². The third kappa shape index (κ3) is 7.46. The molecule has 0 aliphatic heterocycles. The Kier molecular flexibility index (Phi) is 6.86. The summed E-state index contributed by atoms with van der Waals surface area (Å²) in [4.78, 5) is 15.0. The molecular weight excluding hydrogens is 389 g/mol. The van der Waals surface area contributed by atoms with Crippen molar-refractivity contribution in [2.24, 2.45) is 5.73 Å². The Labute approximate surface area is 166 Å². The molecule has 0 amide bonds. The fourth-order valence-electron chi connectivity index (χ4n) is 2.07. The van der Waals surface area contributed by atoms with Gasteiger partial charge in [-0.2, -0.15) is 13.2 Å². The van der Waals surface area contributed by atoms with Crippen molar-refractivity contribution in [1.29, 1.82) is 0 Å². The highest BCUT2D eigenvalue weighted by Crippen LogP contribution is 2.24. The molecule has 1 atom stereocenters. The van der Waals surface area contributed by atoms with Crippen molar-refractivity contribution in [3.05, 3.63) is 54.2 Å². The normalized spacial score (nSPS) is 13.9. The number of pyridine rings is 1. The van der Waals surface area contributed by atoms with Crippen molar-refractivity contribution in [3.8, 4) is 17.4 Å². The number of nitrogens with zero attached hydrogens (tertiary/aromatic N) is 1. The predicted molar refractivity (Wildman–Crippen MR) is 100 cm³/mol. The lowest BCUT2D eigenvalue weighted by atomic mass is 10.1. The number of aromatic nitrogens is 1. The van der Waals surface area contributed by atoms with Gasteiger partial charge in [0.1, 0.15) is 11.5 Å². The third-order valence-electron chi connectivity index (χ3n) is 3.33. The molecule has 2 rings (SSSR count). The fourth-order valence-corrected chi connectivity index (χ4v) is 2.07. The molecule has 1 aromatic carbocycles. The molecule has 0 saturated heterocycles. The first-order chi connectivity index (χ1) is 13.4. The van der Waals surface area contributed by atoms with Gasteiger partial charge in [-0.05, 0) is 50.6 Å². The summed E-state index contributed by atoms with van der Waals surface area (Å²) >= 11 is 0. The number of carbonyl (C=O) groups excluding carboxylic acids is 1. The van der Waals surface area contributed by atoms with Crippen molar-refractivity contribution < 1.29 is 32.2 Å². The minimum atomic E-state index is -5.11. The van der Waals surface area contributed by atoms with Crippen LogP contribution < -0.4 is 15.2 Å². The van der Waals surface area contributed by atoms with E-state index >= 15 is 0 Å². The van der Waals surface area contributed by atoms with Gasteiger partial charge in [0, 0.05) is 6.07 Å². The van der Waals surface area contributed by atoms with Gasteiger partial charge in [0.05, 0.1) is 12.3 Å². The van der Waals surface area contributed by atoms with Gasteiger partial charge in [0.2, 0.25) is 5.88 Å². The van der Waals surface area contributed by atoms with E-state index in [1.165, 1.54) is 12.3 Å². The maximum absolute atomic E-state index is 12.3. The molecule has 2 aromatic rings. The summed E-state index contributed by atoms with van der Waals surface area (Å²) in [5.41, 5.74) is 4.28. The van der Waals surface area contributed by atoms with E-state index < -0.39 is 17.9 Å². The molecule has 2 N–H and O–H groups in total. The van der Waals surface area contributed by atoms with Crippen LogP contribution in [0.25, 0.3) is 6.08 Å². The maximum Gasteiger partial charge on any atom is 0.491 e. The highest BCUT2D eigenvalue weighted by Gasteiger charge is 2.43. The largest absolute Gasteiger partial charge is 0.491 e. The van der Waals surface area contributed by atoms with Crippen LogP contribution in [0.2, 0.25) is 0 Å². The van der Waals surface area contributed by atoms with Gasteiger partial charge in [-0.25, -0.2) is 9.78 Å². The number of carbonyl (C=O) groups is 1. The lowest BCUT2D eigenvalue weighted by molar-refractivity contribution is -0.208. The van der Waals surface area contributed by atoms with Crippen LogP contribution in [0.5, 0.6) is 17.4 Å². The minimum absolute atomic E-state index is 0.0160. The molecule has 9 heteroatoms. The Morgan fingerprint density at radius 1 is 1.10 bits per heavy atom. The van der Waals surface area contributed by atoms with Gasteiger partial charge in [0.25, 0.3) is 0 Å². The lowest BCUT2D eigenvalue weighted by Crippen LogP contribution is -2.43. The summed E-state index contributed by atoms with van der Waals surface area (Å²) in [6, 6.07) is 10.1. The van der Waals surface area contributed by atoms with E-state index in [1.54, 1.807) is 36.4 Å². The summed E-state index contributed by atoms with van der Waals surface area (Å²) in [5.74, 6) is -0.823. The average Bonchev–Trinajstić information content (AvgIpc) is 2.61. The maximum atomic E-state index is 12.3. The number of ether oxygens (including phenoxy) is 3. The van der Waals surface area contributed by atoms with Crippen LogP contribution in [0.4, 0.5) is 13.2 Å². The Balaban J connectivity index is 1.97. The van der Waals surface area contributed by atoms with Gasteiger partial charge in [-0.15, -0.1) is 0 Å². The van der Waals surface area contributed by atoms with Gasteiger partial charge in [-0.3, -0.25) is 5.73 Å². The first kappa shape index (κ1) is 22.2. The van der Waals surface area contributed by atoms with Crippen LogP contribution in [0.1, 0.15) is 26.3 Å². The van der Waals surface area contributed by atoms with Crippen molar-refractivity contribution in [2.75, 3.05) is 0 Å². The van der Waals surface area contributed by atoms with Crippen LogP contribution in [0.15, 0.2) is 48.7 Å². The second-order valence-corrected chi connectivity index (χ2v) is 6.57. The minimum Gasteiger partial charge on any atom is -0.475 e. The molecule has 0 bridgehead atoms. The van der Waals surface area contributed by atoms with Crippen LogP contribution in [0.3, 0.4) is 0 Å². The number of hydrogen-bond acceptors (Lipinski definition) is 6. The number of rotatable bonds is 7. The molecular formula is C20H21F3N2O4. The van der Waals surface area contributed by atoms with E-state index in [1.807, 2.05) is 13.8 Å². The zero-order valence-corrected chi connectivity index (χ0v) is 16.1. The fraction of sp³-hybridized carbons (Fsp3) is 0.300. The van der Waals surface area contributed by atoms with E-state index in [9.17, 15) is 18.0 Å². The topological polar surface area (TPSA) is 83.7 Å². The zero-order chi connectivity index (χ0) is 21.7. The Bertz CT molecular complexity index is 846. The molecule has 0 radical (unpaired) electrons. The Hall–Kier alpha value is -3.07. The van der Waals surface area contributed by atoms with Gasteiger partial charge >= 0.3 is 12.1 Å². The highest BCUT2D eigenvalue weighted by atomic mass is 19.4. The number of alkyl halides is 3. The second kappa shape index (κ2) is 8.95. The first-order valence-corrected chi connectivity index (χ1v) is 8.63. The Morgan fingerprint density at radius 2 is 1.72 bits per heavy atom. The molecule has 1 unspecified atom stereocenters. The van der Waals surface area contributed by atoms with Gasteiger partial charge in [-0.1, -0.05) is 18.2 Å². The lowest BCUT2D eigenvalue weighted by Gasteiger charge is -2.21. The zero-order valence-electron chi connectivity index (χ0n) is 16.1. The van der Waals surface area contributed by atoms with Crippen LogP contribution in [0, 0.1) is 0 Å². The molecule has 1 aromatic heterocycles. The first-order valence-electron chi connectivity index (χ1n) is 8.63. The van der Waals surface area contributed by atoms with Crippen LogP contribution in [-0.2, 0) is 9.53 Å². The second-order valence-electron chi connectivity index (χ2n) is 6.57. The number of esters is 1. The van der Waals surface area contributed by atoms with Crippen molar-refractivity contribution in [1.82, 2.24) is 4.98 Å². The molecule has 6 nitrogen and oxygen atoms in total. The standard InChI is InChI=1S/C20H21F3N2O4/c1-13(2)27-17-9-8-16(12-25-17)28-15-6-4-14(5-7-15)10-11-19(3,24)29-18(26)20(21,22)23/h4-13H,24H2,1-3H3/b11-10+. The van der Waals surface area contributed by atoms with Crippen molar-refractivity contribution >= 4 is 12.0 Å². The molecule has 0 aliphatic carbocycles. The molecule has 0 aliphatic rings. The number of nitrogens with two attached hydrogens (primary N) is 1. The SMILES string of the molecule is CC(C)Oc1ccc(Oc2ccc(/C=C/C(C)(N)OC(=O)C(F)(F)F)cc2)cn1. The number of hydrogen-bond donors (Lipinski definition) is 1. The summed E-state index contributed by atoms with van der Waals surface area (Å²) in [7, 11) is 0. The van der Waals surface area contributed by atoms with Crippen molar-refractivity contribution in [3.63, 3.8) is 0 Å². The van der Waals surface area contributed by atoms with Gasteiger partial charge < -0.3 is 14.2 Å². The quantitative estimate of drug-likeness (QED) is 0.536. The molecule has 1 heterocycles. The van der Waals surface area contributed by atoms with Gasteiger partial charge in [0.15, 0.2) is 5.72 Å². The van der Waals surface area contributed by atoms with E-state index in [-0.39, 0.29) is 6.10 Å². The number of benzene rings is 1. The summed E-state index contributed by atoms with van der Waals surface area (Å²) in [6.45, 7) is 4.94. The molecule has 156 valence electrons. The predicted octanol–water partition coefficient (Wildman–Crippen LogP) is 4.45. The van der Waals surface area contributed by atoms with Crippen LogP contribution >= 0.6 is 0 Å². The van der Waals surface area contributed by atoms with E-state index in [2.05, 4.69) is 9.72 Å². The highest BCUT2D eigenvalue weighted by molar-refractivity contribution is 5.76. The molecule has 0 saturated carbocycles. The Morgan fingerprint density at radius 3 is 2.24 bits per heavy atom. The van der Waals surface area contributed by atoms with Crippen molar-refractivity contribution in [2.45, 2.75) is 38.8 Å². The monoisotopic (exact) mass is 410 g/mol. The summed E-state index contributed by atoms with van der Waals surface area (Å²) < 4.78 is 52.2. The molecule has 0 spiro atoms. The summed E-state index contributed by atoms with van der Waals surface area (Å²) in [6.07, 6.45) is -0.971. The van der Waals surface area contributed by atoms with E-state index in [4.69, 9.17) is 15.2 Å². The molecule has 29 heavy (non-hydrogen) atoms. The van der Waals surface area contributed by atoms with E-state index in [0.29, 0.717) is 22.9 Å². The van der Waals surface area contributed by atoms with E-state index in [0.717, 1.165) is 13.0 Å². The summed E-state index contributed by atoms with van der Waals surface area (Å²) in [5, 5.41) is 0. The average molecular weight is 410 g/mol. The number of halogens is 3. The molecule has 0 fully saturated rings. The third-order valence-corrected chi connectivity index (χ3v) is 3.33.